The van der Waals surface area contributed by atoms with Crippen molar-refractivity contribution in [1.29, 1.82) is 0 Å². The van der Waals surface area contributed by atoms with Crippen LogP contribution in [0, 0.1) is 0 Å². The highest BCUT2D eigenvalue weighted by molar-refractivity contribution is 5.90. The first-order valence-corrected chi connectivity index (χ1v) is 6.52. The van der Waals surface area contributed by atoms with E-state index in [1.165, 1.54) is 6.92 Å². The Bertz CT molecular complexity index is 406. The van der Waals surface area contributed by atoms with Crippen molar-refractivity contribution in [1.82, 2.24) is 0 Å². The van der Waals surface area contributed by atoms with Crippen molar-refractivity contribution < 1.29 is 34.4 Å². The third kappa shape index (κ3) is 6.52. The van der Waals surface area contributed by atoms with Gasteiger partial charge in [0, 0.05) is 30.6 Å². The molecule has 7 nitrogen and oxygen atoms in total. The zero-order chi connectivity index (χ0) is 16.4. The summed E-state index contributed by atoms with van der Waals surface area (Å²) >= 11 is 0. The Labute approximate surface area is 123 Å². The van der Waals surface area contributed by atoms with Crippen LogP contribution in [0.4, 0.5) is 0 Å². The van der Waals surface area contributed by atoms with Gasteiger partial charge in [0.2, 0.25) is 6.29 Å². The second kappa shape index (κ2) is 10.1. The van der Waals surface area contributed by atoms with Crippen LogP contribution in [0.3, 0.4) is 0 Å². The molecule has 0 aliphatic carbocycles. The van der Waals surface area contributed by atoms with E-state index in [-0.39, 0.29) is 36.2 Å². The van der Waals surface area contributed by atoms with Gasteiger partial charge in [-0.2, -0.15) is 0 Å². The number of aliphatic hydroxyl groups excluding tert-OH is 3. The molecular weight excluding hydrogens is 280 g/mol. The fourth-order valence-corrected chi connectivity index (χ4v) is 1.38. The zero-order valence-electron chi connectivity index (χ0n) is 12.3. The molecule has 3 N–H and O–H groups in total. The second-order valence-corrected chi connectivity index (χ2v) is 4.30. The second-order valence-electron chi connectivity index (χ2n) is 4.30. The van der Waals surface area contributed by atoms with Crippen LogP contribution in [0.25, 0.3) is 0 Å². The lowest BCUT2D eigenvalue weighted by Crippen LogP contribution is -2.26. The van der Waals surface area contributed by atoms with Crippen molar-refractivity contribution in [3.05, 3.63) is 23.3 Å². The van der Waals surface area contributed by atoms with Crippen LogP contribution >= 0.6 is 0 Å². The quantitative estimate of drug-likeness (QED) is 0.313. The van der Waals surface area contributed by atoms with E-state index in [1.54, 1.807) is 6.92 Å². The number of aliphatic hydroxyl groups is 3. The predicted molar refractivity (Wildman–Crippen MR) is 74.0 cm³/mol. The minimum absolute atomic E-state index is 0.0349. The number of hydrogen-bond acceptors (Lipinski definition) is 7. The van der Waals surface area contributed by atoms with Gasteiger partial charge in [-0.05, 0) is 12.5 Å². The van der Waals surface area contributed by atoms with Gasteiger partial charge in [0.1, 0.15) is 0 Å². The molecule has 0 amide bonds. The maximum Gasteiger partial charge on any atom is 0.337 e. The number of carbonyl (C=O) groups is 2. The minimum Gasteiger partial charge on any atom is -0.422 e. The normalized spacial score (nSPS) is 11.5. The molecule has 0 aliphatic heterocycles. The average molecular weight is 302 g/mol. The van der Waals surface area contributed by atoms with E-state index in [0.29, 0.717) is 0 Å². The molecule has 0 radical (unpaired) electrons. The Morgan fingerprint density at radius 1 is 1.10 bits per heavy atom. The van der Waals surface area contributed by atoms with Gasteiger partial charge in [-0.15, -0.1) is 0 Å². The molecule has 0 aromatic rings. The summed E-state index contributed by atoms with van der Waals surface area (Å²) in [6.45, 7) is 5.10. The number of esters is 2. The Kier molecular flexibility index (Phi) is 9.27. The summed E-state index contributed by atoms with van der Waals surface area (Å²) in [4.78, 5) is 23.4. The van der Waals surface area contributed by atoms with Gasteiger partial charge in [-0.1, -0.05) is 13.5 Å². The maximum atomic E-state index is 12.0. The molecule has 0 bridgehead atoms. The molecule has 0 saturated heterocycles. The summed E-state index contributed by atoms with van der Waals surface area (Å²) in [6.07, 6.45) is -0.959. The van der Waals surface area contributed by atoms with Crippen LogP contribution in [-0.2, 0) is 19.1 Å². The summed E-state index contributed by atoms with van der Waals surface area (Å²) in [7, 11) is 0. The van der Waals surface area contributed by atoms with E-state index in [0.717, 1.165) is 0 Å². The molecule has 1 atom stereocenters. The van der Waals surface area contributed by atoms with Gasteiger partial charge < -0.3 is 24.8 Å². The molecule has 7 heteroatoms. The van der Waals surface area contributed by atoms with Crippen LogP contribution in [0.1, 0.15) is 26.7 Å². The lowest BCUT2D eigenvalue weighted by molar-refractivity contribution is -0.182. The summed E-state index contributed by atoms with van der Waals surface area (Å²) in [5, 5.41) is 27.1. The molecule has 0 saturated carbocycles. The molecule has 0 fully saturated rings. The molecule has 21 heavy (non-hydrogen) atoms. The lowest BCUT2D eigenvalue weighted by atomic mass is 10.1. The number of ether oxygens (including phenoxy) is 2. The molecule has 120 valence electrons. The summed E-state index contributed by atoms with van der Waals surface area (Å²) < 4.78 is 9.92. The molecule has 0 aliphatic rings. The molecule has 0 aromatic carbocycles. The van der Waals surface area contributed by atoms with Gasteiger partial charge in [0.25, 0.3) is 0 Å². The Morgan fingerprint density at radius 2 is 1.62 bits per heavy atom. The molecule has 0 aromatic heterocycles. The standard InChI is InChI=1S/C14H22O7/c1-4-12(20-13(18)9(2)3)21-14(19)11(5-6-15)10(7-16)8-17/h12,15-17H,2,4-8H2,1,3H3. The van der Waals surface area contributed by atoms with Crippen molar-refractivity contribution >= 4 is 11.9 Å². The number of rotatable bonds is 9. The molecule has 0 rings (SSSR count). The van der Waals surface area contributed by atoms with E-state index >= 15 is 0 Å². The highest BCUT2D eigenvalue weighted by Gasteiger charge is 2.22. The van der Waals surface area contributed by atoms with E-state index in [9.17, 15) is 9.59 Å². The van der Waals surface area contributed by atoms with Gasteiger partial charge >= 0.3 is 11.9 Å². The van der Waals surface area contributed by atoms with Crippen molar-refractivity contribution in [3.63, 3.8) is 0 Å². The van der Waals surface area contributed by atoms with Crippen LogP contribution < -0.4 is 0 Å². The van der Waals surface area contributed by atoms with E-state index < -0.39 is 31.4 Å². The summed E-state index contributed by atoms with van der Waals surface area (Å²) in [5.74, 6) is -1.55. The topological polar surface area (TPSA) is 113 Å². The number of carbonyl (C=O) groups excluding carboxylic acids is 2. The third-order valence-electron chi connectivity index (χ3n) is 2.58. The Balaban J connectivity index is 4.98. The fraction of sp³-hybridized carbons (Fsp3) is 0.571. The lowest BCUT2D eigenvalue weighted by Gasteiger charge is -2.18. The van der Waals surface area contributed by atoms with Gasteiger partial charge in [-0.25, -0.2) is 9.59 Å². The van der Waals surface area contributed by atoms with E-state index in [2.05, 4.69) is 6.58 Å². The van der Waals surface area contributed by atoms with Crippen LogP contribution in [0.15, 0.2) is 23.3 Å². The highest BCUT2D eigenvalue weighted by atomic mass is 16.7. The van der Waals surface area contributed by atoms with Gasteiger partial charge in [0.15, 0.2) is 0 Å². The van der Waals surface area contributed by atoms with Crippen molar-refractivity contribution in [2.75, 3.05) is 19.8 Å². The minimum atomic E-state index is -1.10. The smallest absolute Gasteiger partial charge is 0.337 e. The first-order chi connectivity index (χ1) is 9.90. The fourth-order valence-electron chi connectivity index (χ4n) is 1.38. The van der Waals surface area contributed by atoms with Crippen molar-refractivity contribution in [2.24, 2.45) is 0 Å². The Morgan fingerprint density at radius 3 is 2.00 bits per heavy atom. The number of hydrogen-bond donors (Lipinski definition) is 3. The third-order valence-corrected chi connectivity index (χ3v) is 2.58. The highest BCUT2D eigenvalue weighted by Crippen LogP contribution is 2.14. The molecule has 0 spiro atoms. The maximum absolute atomic E-state index is 12.0. The predicted octanol–water partition coefficient (Wildman–Crippen LogP) is 0.0486. The summed E-state index contributed by atoms with van der Waals surface area (Å²) in [5.41, 5.74) is 0.185. The summed E-state index contributed by atoms with van der Waals surface area (Å²) in [6, 6.07) is 0. The van der Waals surface area contributed by atoms with Crippen LogP contribution in [-0.4, -0.2) is 53.4 Å². The largest absolute Gasteiger partial charge is 0.422 e. The molecule has 0 heterocycles. The van der Waals surface area contributed by atoms with Crippen molar-refractivity contribution in [3.8, 4) is 0 Å². The first-order valence-electron chi connectivity index (χ1n) is 6.52. The van der Waals surface area contributed by atoms with Crippen LogP contribution in [0.5, 0.6) is 0 Å². The zero-order valence-corrected chi connectivity index (χ0v) is 12.3. The van der Waals surface area contributed by atoms with Gasteiger partial charge in [0.05, 0.1) is 13.2 Å². The van der Waals surface area contributed by atoms with Crippen LogP contribution in [0.2, 0.25) is 0 Å². The van der Waals surface area contributed by atoms with Crippen molar-refractivity contribution in [2.45, 2.75) is 33.0 Å². The van der Waals surface area contributed by atoms with E-state index in [4.69, 9.17) is 24.8 Å². The van der Waals surface area contributed by atoms with Gasteiger partial charge in [-0.3, -0.25) is 0 Å². The SMILES string of the molecule is C=C(C)C(=O)OC(CC)OC(=O)C(CCO)=C(CO)CO. The molecular formula is C14H22O7. The average Bonchev–Trinajstić information content (AvgIpc) is 2.46. The molecule has 1 unspecified atom stereocenters. The Hall–Kier alpha value is -1.70. The first kappa shape index (κ1) is 19.3. The van der Waals surface area contributed by atoms with E-state index in [1.807, 2.05) is 0 Å². The monoisotopic (exact) mass is 302 g/mol.